The van der Waals surface area contributed by atoms with Crippen LogP contribution < -0.4 is 11.1 Å². The van der Waals surface area contributed by atoms with Crippen molar-refractivity contribution in [2.45, 2.75) is 6.18 Å². The summed E-state index contributed by atoms with van der Waals surface area (Å²) in [4.78, 5) is 0. The minimum absolute atomic E-state index is 0.0423. The number of benzene rings is 2. The van der Waals surface area contributed by atoms with E-state index < -0.39 is 11.7 Å². The van der Waals surface area contributed by atoms with Gasteiger partial charge in [0.05, 0.1) is 28.6 Å². The highest BCUT2D eigenvalue weighted by Gasteiger charge is 2.33. The number of anilines is 3. The summed E-state index contributed by atoms with van der Waals surface area (Å²) in [5.74, 6) is 0. The van der Waals surface area contributed by atoms with Gasteiger partial charge in [-0.3, -0.25) is 0 Å². The van der Waals surface area contributed by atoms with Gasteiger partial charge >= 0.3 is 6.18 Å². The van der Waals surface area contributed by atoms with Crippen molar-refractivity contribution in [3.63, 3.8) is 0 Å². The van der Waals surface area contributed by atoms with Crippen molar-refractivity contribution in [2.24, 2.45) is 0 Å². The minimum atomic E-state index is -4.46. The number of nitriles is 1. The molecule has 3 nitrogen and oxygen atoms in total. The van der Waals surface area contributed by atoms with E-state index in [-0.39, 0.29) is 10.2 Å². The highest BCUT2D eigenvalue weighted by Crippen LogP contribution is 2.37. The molecule has 0 spiro atoms. The molecule has 0 aliphatic carbocycles. The van der Waals surface area contributed by atoms with E-state index in [0.29, 0.717) is 16.9 Å². The molecule has 2 aromatic carbocycles. The van der Waals surface area contributed by atoms with E-state index in [1.807, 2.05) is 6.07 Å². The van der Waals surface area contributed by atoms with Crippen molar-refractivity contribution in [1.82, 2.24) is 0 Å². The van der Waals surface area contributed by atoms with Crippen LogP contribution in [0.1, 0.15) is 11.1 Å². The fraction of sp³-hybridized carbons (Fsp3) is 0.0714. The Kier molecular flexibility index (Phi) is 4.09. The van der Waals surface area contributed by atoms with Gasteiger partial charge in [0.1, 0.15) is 0 Å². The lowest BCUT2D eigenvalue weighted by atomic mass is 10.1. The number of nitrogens with two attached hydrogens (primary N) is 1. The van der Waals surface area contributed by atoms with Crippen LogP contribution in [0.2, 0.25) is 0 Å². The van der Waals surface area contributed by atoms with E-state index in [2.05, 4.69) is 21.2 Å². The molecule has 2 aromatic rings. The van der Waals surface area contributed by atoms with E-state index in [0.717, 1.165) is 6.07 Å². The molecule has 0 saturated heterocycles. The molecule has 7 heteroatoms. The molecule has 0 radical (unpaired) electrons. The third-order valence-corrected chi connectivity index (χ3v) is 3.42. The Morgan fingerprint density at radius 2 is 1.86 bits per heavy atom. The Labute approximate surface area is 127 Å². The van der Waals surface area contributed by atoms with Crippen LogP contribution in [0.15, 0.2) is 40.9 Å². The molecule has 0 amide bonds. The molecule has 0 unspecified atom stereocenters. The number of nitrogens with one attached hydrogen (secondary N) is 1. The lowest BCUT2D eigenvalue weighted by Crippen LogP contribution is -2.07. The van der Waals surface area contributed by atoms with Crippen LogP contribution in [0.25, 0.3) is 0 Å². The summed E-state index contributed by atoms with van der Waals surface area (Å²) in [6.45, 7) is 0. The normalized spacial score (nSPS) is 11.0. The van der Waals surface area contributed by atoms with E-state index in [4.69, 9.17) is 11.0 Å². The fourth-order valence-corrected chi connectivity index (χ4v) is 2.18. The molecule has 0 saturated carbocycles. The molecular weight excluding hydrogens is 347 g/mol. The summed E-state index contributed by atoms with van der Waals surface area (Å²) >= 11 is 2.87. The molecule has 0 fully saturated rings. The van der Waals surface area contributed by atoms with Gasteiger partial charge in [0.2, 0.25) is 0 Å². The van der Waals surface area contributed by atoms with Crippen molar-refractivity contribution in [1.29, 1.82) is 5.26 Å². The molecule has 0 aliphatic heterocycles. The average Bonchev–Trinajstić information content (AvgIpc) is 2.42. The van der Waals surface area contributed by atoms with Gasteiger partial charge in [-0.2, -0.15) is 18.4 Å². The molecule has 0 heterocycles. The highest BCUT2D eigenvalue weighted by molar-refractivity contribution is 9.10. The average molecular weight is 356 g/mol. The number of nitrogen functional groups attached to an aromatic ring is 1. The van der Waals surface area contributed by atoms with Crippen LogP contribution >= 0.6 is 15.9 Å². The Morgan fingerprint density at radius 1 is 1.14 bits per heavy atom. The standard InChI is InChI=1S/C14H9BrF3N3/c15-11-3-2-9(6-10(11)14(16,17)18)21-13-5-8(7-19)1-4-12(13)20/h1-6,21H,20H2. The summed E-state index contributed by atoms with van der Waals surface area (Å²) < 4.78 is 38.5. The molecule has 0 aromatic heterocycles. The number of rotatable bonds is 2. The molecule has 0 bridgehead atoms. The predicted octanol–water partition coefficient (Wildman–Crippen LogP) is 4.67. The number of halogens is 4. The van der Waals surface area contributed by atoms with Crippen LogP contribution in [0.4, 0.5) is 30.2 Å². The molecular formula is C14H9BrF3N3. The second-order valence-electron chi connectivity index (χ2n) is 4.23. The first-order chi connectivity index (χ1) is 9.81. The largest absolute Gasteiger partial charge is 0.417 e. The third kappa shape index (κ3) is 3.47. The second-order valence-corrected chi connectivity index (χ2v) is 5.09. The van der Waals surface area contributed by atoms with Crippen molar-refractivity contribution < 1.29 is 13.2 Å². The smallest absolute Gasteiger partial charge is 0.397 e. The van der Waals surface area contributed by atoms with E-state index in [1.54, 1.807) is 0 Å². The van der Waals surface area contributed by atoms with Crippen molar-refractivity contribution in [2.75, 3.05) is 11.1 Å². The molecule has 3 N–H and O–H groups in total. The van der Waals surface area contributed by atoms with E-state index in [9.17, 15) is 13.2 Å². The van der Waals surface area contributed by atoms with Crippen molar-refractivity contribution >= 4 is 33.0 Å². The van der Waals surface area contributed by atoms with Crippen LogP contribution in [0.3, 0.4) is 0 Å². The SMILES string of the molecule is N#Cc1ccc(N)c(Nc2ccc(Br)c(C(F)(F)F)c2)c1. The van der Waals surface area contributed by atoms with Gasteiger partial charge in [0.15, 0.2) is 0 Å². The van der Waals surface area contributed by atoms with Gasteiger partial charge in [0.25, 0.3) is 0 Å². The number of hydrogen-bond donors (Lipinski definition) is 2. The monoisotopic (exact) mass is 355 g/mol. The summed E-state index contributed by atoms with van der Waals surface area (Å²) in [6.07, 6.45) is -4.46. The van der Waals surface area contributed by atoms with Gasteiger partial charge in [-0.05, 0) is 36.4 Å². The Bertz CT molecular complexity index is 720. The van der Waals surface area contributed by atoms with Crippen molar-refractivity contribution in [3.8, 4) is 6.07 Å². The van der Waals surface area contributed by atoms with E-state index in [1.165, 1.54) is 30.3 Å². The van der Waals surface area contributed by atoms with Gasteiger partial charge < -0.3 is 11.1 Å². The van der Waals surface area contributed by atoms with Gasteiger partial charge in [0, 0.05) is 10.2 Å². The Morgan fingerprint density at radius 3 is 2.48 bits per heavy atom. The number of alkyl halides is 3. The third-order valence-electron chi connectivity index (χ3n) is 2.73. The minimum Gasteiger partial charge on any atom is -0.397 e. The first kappa shape index (κ1) is 15.2. The highest BCUT2D eigenvalue weighted by atomic mass is 79.9. The molecule has 2 rings (SSSR count). The Hall–Kier alpha value is -2.20. The maximum absolute atomic E-state index is 12.8. The first-order valence-corrected chi connectivity index (χ1v) is 6.54. The lowest BCUT2D eigenvalue weighted by Gasteiger charge is -2.14. The van der Waals surface area contributed by atoms with Crippen LogP contribution in [0.5, 0.6) is 0 Å². The fourth-order valence-electron chi connectivity index (χ4n) is 1.71. The van der Waals surface area contributed by atoms with Gasteiger partial charge in [-0.25, -0.2) is 0 Å². The summed E-state index contributed by atoms with van der Waals surface area (Å²) in [6, 6.07) is 10.2. The zero-order valence-electron chi connectivity index (χ0n) is 10.5. The summed E-state index contributed by atoms with van der Waals surface area (Å²) in [7, 11) is 0. The molecule has 0 atom stereocenters. The predicted molar refractivity (Wildman–Crippen MR) is 78.0 cm³/mol. The molecule has 0 aliphatic rings. The molecule has 108 valence electrons. The summed E-state index contributed by atoms with van der Waals surface area (Å²) in [5, 5.41) is 11.6. The lowest BCUT2D eigenvalue weighted by molar-refractivity contribution is -0.138. The van der Waals surface area contributed by atoms with Gasteiger partial charge in [-0.1, -0.05) is 15.9 Å². The van der Waals surface area contributed by atoms with Crippen molar-refractivity contribution in [3.05, 3.63) is 52.0 Å². The quantitative estimate of drug-likeness (QED) is 0.769. The zero-order chi connectivity index (χ0) is 15.6. The Balaban J connectivity index is 2.39. The van der Waals surface area contributed by atoms with Crippen LogP contribution in [-0.2, 0) is 6.18 Å². The zero-order valence-corrected chi connectivity index (χ0v) is 12.1. The summed E-state index contributed by atoms with van der Waals surface area (Å²) in [5.41, 5.74) is 6.26. The maximum Gasteiger partial charge on any atom is 0.417 e. The number of hydrogen-bond acceptors (Lipinski definition) is 3. The van der Waals surface area contributed by atoms with Crippen LogP contribution in [-0.4, -0.2) is 0 Å². The van der Waals surface area contributed by atoms with Crippen LogP contribution in [0, 0.1) is 11.3 Å². The number of nitrogens with zero attached hydrogens (tertiary/aromatic N) is 1. The topological polar surface area (TPSA) is 61.8 Å². The van der Waals surface area contributed by atoms with E-state index >= 15 is 0 Å². The second kappa shape index (κ2) is 5.66. The first-order valence-electron chi connectivity index (χ1n) is 5.74. The molecule has 21 heavy (non-hydrogen) atoms. The maximum atomic E-state index is 12.8. The van der Waals surface area contributed by atoms with Gasteiger partial charge in [-0.15, -0.1) is 0 Å².